The molecule has 4 aromatic rings. The fourth-order valence-electron chi connectivity index (χ4n) is 3.22. The Balaban J connectivity index is 1.55. The van der Waals surface area contributed by atoms with Crippen molar-refractivity contribution in [2.45, 2.75) is 12.5 Å². The maximum atomic E-state index is 12.5. The van der Waals surface area contributed by atoms with E-state index in [-0.39, 0.29) is 11.7 Å². The Labute approximate surface area is 153 Å². The number of nitrogens with one attached hydrogen (secondary N) is 1. The number of fused-ring (bicyclic) bond motifs is 2. The normalized spacial score (nSPS) is 17.2. The molecule has 0 saturated carbocycles. The summed E-state index contributed by atoms with van der Waals surface area (Å²) in [6.07, 6.45) is 1.15. The summed E-state index contributed by atoms with van der Waals surface area (Å²) in [7, 11) is 0. The average molecular weight is 364 g/mol. The molecule has 0 amide bonds. The van der Waals surface area contributed by atoms with Gasteiger partial charge in [-0.1, -0.05) is 12.1 Å². The molecule has 0 spiro atoms. The van der Waals surface area contributed by atoms with E-state index < -0.39 is 0 Å². The molecule has 5 rings (SSSR count). The van der Waals surface area contributed by atoms with Crippen molar-refractivity contribution in [2.75, 3.05) is 13.1 Å². The van der Waals surface area contributed by atoms with Gasteiger partial charge in [0.25, 0.3) is 0 Å². The number of rotatable bonds is 3. The zero-order valence-electron chi connectivity index (χ0n) is 13.9. The van der Waals surface area contributed by atoms with Crippen molar-refractivity contribution in [3.05, 3.63) is 59.0 Å². The summed E-state index contributed by atoms with van der Waals surface area (Å²) in [5, 5.41) is 4.81. The second-order valence-corrected chi connectivity index (χ2v) is 7.40. The maximum Gasteiger partial charge on any atom is 0.346 e. The molecule has 1 fully saturated rings. The summed E-state index contributed by atoms with van der Waals surface area (Å²) in [5.41, 5.74) is 1.54. The van der Waals surface area contributed by atoms with Crippen LogP contribution in [0.15, 0.2) is 57.7 Å². The van der Waals surface area contributed by atoms with Gasteiger partial charge >= 0.3 is 5.63 Å². The Morgan fingerprint density at radius 2 is 2.12 bits per heavy atom. The summed E-state index contributed by atoms with van der Waals surface area (Å²) in [6, 6.07) is 15.3. The third-order valence-corrected chi connectivity index (χ3v) is 5.62. The molecular weight excluding hydrogens is 348 g/mol. The van der Waals surface area contributed by atoms with E-state index in [0.717, 1.165) is 40.9 Å². The quantitative estimate of drug-likeness (QED) is 0.560. The minimum absolute atomic E-state index is 0.168. The van der Waals surface area contributed by atoms with Crippen LogP contribution in [-0.4, -0.2) is 24.2 Å². The number of thiazole rings is 1. The van der Waals surface area contributed by atoms with Crippen molar-refractivity contribution in [1.29, 1.82) is 0 Å². The zero-order valence-corrected chi connectivity index (χ0v) is 14.7. The van der Waals surface area contributed by atoms with E-state index in [0.29, 0.717) is 16.2 Å². The van der Waals surface area contributed by atoms with Gasteiger partial charge in [-0.2, -0.15) is 0 Å². The fraction of sp³-hybridized carbons (Fsp3) is 0.200. The SMILES string of the molecule is O=c1oc2cc(OC3CCNC3)ccc2cc1-c1nc2ccccc2s1. The van der Waals surface area contributed by atoms with Crippen LogP contribution >= 0.6 is 11.3 Å². The van der Waals surface area contributed by atoms with E-state index >= 15 is 0 Å². The lowest BCUT2D eigenvalue weighted by Crippen LogP contribution is -2.19. The summed E-state index contributed by atoms with van der Waals surface area (Å²) in [4.78, 5) is 17.1. The van der Waals surface area contributed by atoms with Crippen LogP contribution in [0.2, 0.25) is 0 Å². The number of nitrogens with zero attached hydrogens (tertiary/aromatic N) is 1. The highest BCUT2D eigenvalue weighted by Crippen LogP contribution is 2.30. The van der Waals surface area contributed by atoms with Crippen LogP contribution in [0.4, 0.5) is 0 Å². The molecule has 1 aliphatic rings. The molecule has 0 radical (unpaired) electrons. The second-order valence-electron chi connectivity index (χ2n) is 6.37. The van der Waals surface area contributed by atoms with Gasteiger partial charge in [0.1, 0.15) is 22.4 Å². The van der Waals surface area contributed by atoms with Gasteiger partial charge < -0.3 is 14.5 Å². The molecule has 130 valence electrons. The summed E-state index contributed by atoms with van der Waals surface area (Å²) < 4.78 is 12.6. The topological polar surface area (TPSA) is 64.4 Å². The van der Waals surface area contributed by atoms with Crippen molar-refractivity contribution in [1.82, 2.24) is 10.3 Å². The van der Waals surface area contributed by atoms with Crippen LogP contribution in [0.5, 0.6) is 5.75 Å². The van der Waals surface area contributed by atoms with Crippen LogP contribution in [0.25, 0.3) is 31.8 Å². The largest absolute Gasteiger partial charge is 0.489 e. The van der Waals surface area contributed by atoms with Gasteiger partial charge in [0.05, 0.1) is 15.8 Å². The van der Waals surface area contributed by atoms with Crippen molar-refractivity contribution in [3.8, 4) is 16.3 Å². The predicted molar refractivity (Wildman–Crippen MR) is 103 cm³/mol. The molecule has 0 aliphatic carbocycles. The second kappa shape index (κ2) is 6.23. The first-order valence-corrected chi connectivity index (χ1v) is 9.39. The number of para-hydroxylation sites is 1. The number of ether oxygens (including phenoxy) is 1. The molecule has 0 bridgehead atoms. The lowest BCUT2D eigenvalue weighted by atomic mass is 10.2. The Morgan fingerprint density at radius 3 is 2.96 bits per heavy atom. The summed E-state index contributed by atoms with van der Waals surface area (Å²) in [5.74, 6) is 0.724. The van der Waals surface area contributed by atoms with Crippen LogP contribution < -0.4 is 15.7 Å². The van der Waals surface area contributed by atoms with Gasteiger partial charge in [0.2, 0.25) is 0 Å². The first-order valence-electron chi connectivity index (χ1n) is 8.57. The number of benzene rings is 2. The Morgan fingerprint density at radius 1 is 1.19 bits per heavy atom. The molecule has 6 heteroatoms. The molecule has 1 aliphatic heterocycles. The van der Waals surface area contributed by atoms with E-state index in [1.54, 1.807) is 6.07 Å². The third-order valence-electron chi connectivity index (χ3n) is 4.55. The molecular formula is C20H16N2O3S. The first-order chi connectivity index (χ1) is 12.8. The predicted octanol–water partition coefficient (Wildman–Crippen LogP) is 3.81. The molecule has 1 saturated heterocycles. The van der Waals surface area contributed by atoms with Gasteiger partial charge in [-0.15, -0.1) is 11.3 Å². The fourth-order valence-corrected chi connectivity index (χ4v) is 4.19. The van der Waals surface area contributed by atoms with Crippen molar-refractivity contribution < 1.29 is 9.15 Å². The number of aromatic nitrogens is 1. The molecule has 1 N–H and O–H groups in total. The Bertz CT molecular complexity index is 1130. The van der Waals surface area contributed by atoms with Gasteiger partial charge in [-0.3, -0.25) is 0 Å². The van der Waals surface area contributed by atoms with Crippen molar-refractivity contribution in [3.63, 3.8) is 0 Å². The van der Waals surface area contributed by atoms with Crippen molar-refractivity contribution >= 4 is 32.5 Å². The number of hydrogen-bond acceptors (Lipinski definition) is 6. The minimum atomic E-state index is -0.378. The van der Waals surface area contributed by atoms with Crippen molar-refractivity contribution in [2.24, 2.45) is 0 Å². The highest BCUT2D eigenvalue weighted by molar-refractivity contribution is 7.21. The van der Waals surface area contributed by atoms with E-state index in [9.17, 15) is 4.79 Å². The van der Waals surface area contributed by atoms with Gasteiger partial charge in [-0.25, -0.2) is 9.78 Å². The van der Waals surface area contributed by atoms with E-state index in [1.807, 2.05) is 42.5 Å². The molecule has 2 aromatic carbocycles. The molecule has 1 unspecified atom stereocenters. The molecule has 1 atom stereocenters. The molecule has 2 aromatic heterocycles. The van der Waals surface area contributed by atoms with E-state index in [2.05, 4.69) is 10.3 Å². The molecule has 3 heterocycles. The van der Waals surface area contributed by atoms with Crippen LogP contribution in [0.1, 0.15) is 6.42 Å². The van der Waals surface area contributed by atoms with Gasteiger partial charge in [-0.05, 0) is 43.3 Å². The lowest BCUT2D eigenvalue weighted by molar-refractivity contribution is 0.223. The molecule has 26 heavy (non-hydrogen) atoms. The smallest absolute Gasteiger partial charge is 0.346 e. The van der Waals surface area contributed by atoms with Crippen LogP contribution in [0, 0.1) is 0 Å². The Kier molecular flexibility index (Phi) is 3.72. The van der Waals surface area contributed by atoms with E-state index in [1.165, 1.54) is 11.3 Å². The maximum absolute atomic E-state index is 12.5. The third kappa shape index (κ3) is 2.77. The van der Waals surface area contributed by atoms with Gasteiger partial charge in [0, 0.05) is 18.0 Å². The summed E-state index contributed by atoms with van der Waals surface area (Å²) >= 11 is 1.49. The lowest BCUT2D eigenvalue weighted by Gasteiger charge is -2.12. The monoisotopic (exact) mass is 364 g/mol. The molecule has 5 nitrogen and oxygen atoms in total. The van der Waals surface area contributed by atoms with E-state index in [4.69, 9.17) is 9.15 Å². The highest BCUT2D eigenvalue weighted by Gasteiger charge is 2.17. The zero-order chi connectivity index (χ0) is 17.5. The minimum Gasteiger partial charge on any atom is -0.489 e. The van der Waals surface area contributed by atoms with Crippen LogP contribution in [0.3, 0.4) is 0 Å². The standard InChI is InChI=1S/C20H16N2O3S/c23-20-15(19-22-16-3-1-2-4-18(16)26-19)9-12-5-6-13(10-17(12)25-20)24-14-7-8-21-11-14/h1-6,9-10,14,21H,7-8,11H2. The highest BCUT2D eigenvalue weighted by atomic mass is 32.1. The number of hydrogen-bond donors (Lipinski definition) is 1. The average Bonchev–Trinajstić information content (AvgIpc) is 3.30. The van der Waals surface area contributed by atoms with Gasteiger partial charge in [0.15, 0.2) is 0 Å². The first kappa shape index (κ1) is 15.5. The summed E-state index contributed by atoms with van der Waals surface area (Å²) in [6.45, 7) is 1.82. The Hall–Kier alpha value is -2.70. The van der Waals surface area contributed by atoms with Crippen LogP contribution in [-0.2, 0) is 0 Å².